The molecule has 1 aromatic carbocycles. The average Bonchev–Trinajstić information content (AvgIpc) is 2.33. The highest BCUT2D eigenvalue weighted by atomic mass is 32.2. The van der Waals surface area contributed by atoms with E-state index in [0.717, 1.165) is 11.1 Å². The zero-order chi connectivity index (χ0) is 16.4. The maximum absolute atomic E-state index is 13.0. The Balaban J connectivity index is 3.35. The van der Waals surface area contributed by atoms with E-state index >= 15 is 0 Å². The van der Waals surface area contributed by atoms with Crippen LogP contribution in [0, 0.1) is 13.8 Å². The summed E-state index contributed by atoms with van der Waals surface area (Å²) >= 11 is 0. The zero-order valence-electron chi connectivity index (χ0n) is 13.8. The van der Waals surface area contributed by atoms with Gasteiger partial charge in [-0.15, -0.1) is 0 Å². The fourth-order valence-electron chi connectivity index (χ4n) is 2.61. The van der Waals surface area contributed by atoms with Gasteiger partial charge >= 0.3 is 0 Å². The lowest BCUT2D eigenvalue weighted by Crippen LogP contribution is -2.44. The molecule has 0 heterocycles. The van der Waals surface area contributed by atoms with Gasteiger partial charge in [-0.1, -0.05) is 13.0 Å². The van der Waals surface area contributed by atoms with Crippen LogP contribution in [-0.4, -0.2) is 50.8 Å². The SMILES string of the molecule is CCN(C(C)CN(C)C)S(=O)(=O)c1c(N)ccc(C)c1C. The van der Waals surface area contributed by atoms with Crippen molar-refractivity contribution >= 4 is 15.7 Å². The summed E-state index contributed by atoms with van der Waals surface area (Å²) in [6.45, 7) is 8.56. The van der Waals surface area contributed by atoms with Crippen molar-refractivity contribution < 1.29 is 8.42 Å². The summed E-state index contributed by atoms with van der Waals surface area (Å²) in [4.78, 5) is 2.23. The molecule has 0 saturated heterocycles. The molecule has 0 spiro atoms. The van der Waals surface area contributed by atoms with Crippen LogP contribution in [0.25, 0.3) is 0 Å². The number of aryl methyl sites for hydroxylation is 1. The lowest BCUT2D eigenvalue weighted by atomic mass is 10.1. The van der Waals surface area contributed by atoms with E-state index in [9.17, 15) is 8.42 Å². The van der Waals surface area contributed by atoms with E-state index in [4.69, 9.17) is 5.73 Å². The van der Waals surface area contributed by atoms with Gasteiger partial charge < -0.3 is 10.6 Å². The monoisotopic (exact) mass is 313 g/mol. The number of likely N-dealkylation sites (N-methyl/N-ethyl adjacent to an activating group) is 2. The second-order valence-corrected chi connectivity index (χ2v) is 7.57. The Morgan fingerprint density at radius 3 is 2.29 bits per heavy atom. The molecular weight excluding hydrogens is 286 g/mol. The second-order valence-electron chi connectivity index (χ2n) is 5.75. The minimum Gasteiger partial charge on any atom is -0.398 e. The maximum Gasteiger partial charge on any atom is 0.245 e. The fourth-order valence-corrected chi connectivity index (χ4v) is 4.64. The Morgan fingerprint density at radius 2 is 1.81 bits per heavy atom. The van der Waals surface area contributed by atoms with E-state index < -0.39 is 10.0 Å². The standard InChI is InChI=1S/C15H27N3O2S/c1-7-18(12(3)10-17(5)6)21(19,20)15-13(4)11(2)8-9-14(15)16/h8-9,12H,7,10,16H2,1-6H3. The van der Waals surface area contributed by atoms with E-state index in [-0.39, 0.29) is 10.9 Å². The van der Waals surface area contributed by atoms with E-state index in [1.165, 1.54) is 4.31 Å². The molecule has 0 aromatic heterocycles. The number of sulfonamides is 1. The number of rotatable bonds is 6. The molecule has 120 valence electrons. The molecule has 0 radical (unpaired) electrons. The Labute approximate surface area is 128 Å². The molecule has 1 rings (SSSR count). The van der Waals surface area contributed by atoms with Gasteiger partial charge in [0.05, 0.1) is 5.69 Å². The second kappa shape index (κ2) is 6.77. The number of nitrogen functional groups attached to an aromatic ring is 1. The number of nitrogens with two attached hydrogens (primary N) is 1. The molecule has 0 aliphatic heterocycles. The van der Waals surface area contributed by atoms with Crippen molar-refractivity contribution in [2.24, 2.45) is 0 Å². The molecule has 21 heavy (non-hydrogen) atoms. The summed E-state index contributed by atoms with van der Waals surface area (Å²) in [6, 6.07) is 3.40. The molecule has 1 atom stereocenters. The highest BCUT2D eigenvalue weighted by Crippen LogP contribution is 2.29. The van der Waals surface area contributed by atoms with Crippen LogP contribution in [0.4, 0.5) is 5.69 Å². The molecule has 0 amide bonds. The van der Waals surface area contributed by atoms with Crippen LogP contribution in [0.3, 0.4) is 0 Å². The van der Waals surface area contributed by atoms with Crippen molar-refractivity contribution in [3.63, 3.8) is 0 Å². The van der Waals surface area contributed by atoms with Gasteiger partial charge in [-0.3, -0.25) is 0 Å². The van der Waals surface area contributed by atoms with Crippen LogP contribution >= 0.6 is 0 Å². The lowest BCUT2D eigenvalue weighted by Gasteiger charge is -2.30. The first-order valence-corrected chi connectivity index (χ1v) is 8.59. The lowest BCUT2D eigenvalue weighted by molar-refractivity contribution is 0.271. The van der Waals surface area contributed by atoms with Gasteiger partial charge in [-0.2, -0.15) is 4.31 Å². The van der Waals surface area contributed by atoms with Crippen molar-refractivity contribution in [2.45, 2.75) is 38.6 Å². The molecule has 0 fully saturated rings. The van der Waals surface area contributed by atoms with Gasteiger partial charge in [0.15, 0.2) is 0 Å². The van der Waals surface area contributed by atoms with Gasteiger partial charge in [0.2, 0.25) is 10.0 Å². The molecular formula is C15H27N3O2S. The largest absolute Gasteiger partial charge is 0.398 e. The number of benzene rings is 1. The van der Waals surface area contributed by atoms with Crippen LogP contribution in [0.2, 0.25) is 0 Å². The first-order chi connectivity index (χ1) is 9.62. The smallest absolute Gasteiger partial charge is 0.245 e. The predicted molar refractivity (Wildman–Crippen MR) is 87.9 cm³/mol. The zero-order valence-corrected chi connectivity index (χ0v) is 14.7. The first-order valence-electron chi connectivity index (χ1n) is 7.15. The molecule has 5 nitrogen and oxygen atoms in total. The van der Waals surface area contributed by atoms with E-state index in [1.54, 1.807) is 6.07 Å². The Bertz CT molecular complexity index is 597. The van der Waals surface area contributed by atoms with Crippen LogP contribution in [0.1, 0.15) is 25.0 Å². The fraction of sp³-hybridized carbons (Fsp3) is 0.600. The van der Waals surface area contributed by atoms with Crippen molar-refractivity contribution in [3.05, 3.63) is 23.3 Å². The molecule has 0 aliphatic carbocycles. The number of anilines is 1. The van der Waals surface area contributed by atoms with Crippen LogP contribution < -0.4 is 5.73 Å². The van der Waals surface area contributed by atoms with Crippen molar-refractivity contribution in [2.75, 3.05) is 32.9 Å². The summed E-state index contributed by atoms with van der Waals surface area (Å²) in [7, 11) is 0.269. The summed E-state index contributed by atoms with van der Waals surface area (Å²) in [6.07, 6.45) is 0. The molecule has 0 saturated carbocycles. The summed E-state index contributed by atoms with van der Waals surface area (Å²) in [5.41, 5.74) is 7.92. The minimum absolute atomic E-state index is 0.116. The molecule has 0 bridgehead atoms. The quantitative estimate of drug-likeness (QED) is 0.814. The molecule has 6 heteroatoms. The summed E-state index contributed by atoms with van der Waals surface area (Å²) in [5.74, 6) is 0. The number of hydrogen-bond acceptors (Lipinski definition) is 4. The molecule has 0 aliphatic rings. The maximum atomic E-state index is 13.0. The third kappa shape index (κ3) is 3.75. The van der Waals surface area contributed by atoms with Crippen LogP contribution in [0.5, 0.6) is 0 Å². The van der Waals surface area contributed by atoms with Crippen LogP contribution in [-0.2, 0) is 10.0 Å². The Morgan fingerprint density at radius 1 is 1.24 bits per heavy atom. The summed E-state index contributed by atoms with van der Waals surface area (Å²) in [5, 5.41) is 0. The Kier molecular flexibility index (Phi) is 5.78. The van der Waals surface area contributed by atoms with Gasteiger partial charge in [-0.05, 0) is 52.1 Å². The van der Waals surface area contributed by atoms with Gasteiger partial charge in [0, 0.05) is 19.1 Å². The van der Waals surface area contributed by atoms with Crippen LogP contribution in [0.15, 0.2) is 17.0 Å². The highest BCUT2D eigenvalue weighted by molar-refractivity contribution is 7.89. The van der Waals surface area contributed by atoms with Crippen molar-refractivity contribution in [1.82, 2.24) is 9.21 Å². The summed E-state index contributed by atoms with van der Waals surface area (Å²) < 4.78 is 27.5. The molecule has 1 aromatic rings. The van der Waals surface area contributed by atoms with E-state index in [1.807, 2.05) is 52.8 Å². The normalized spacial score (nSPS) is 13.9. The molecule has 2 N–H and O–H groups in total. The first kappa shape index (κ1) is 17.9. The number of hydrogen-bond donors (Lipinski definition) is 1. The topological polar surface area (TPSA) is 66.6 Å². The number of nitrogens with zero attached hydrogens (tertiary/aromatic N) is 2. The van der Waals surface area contributed by atoms with Gasteiger partial charge in [0.1, 0.15) is 4.90 Å². The third-order valence-corrected chi connectivity index (χ3v) is 6.00. The predicted octanol–water partition coefficient (Wildman–Crippen LogP) is 1.85. The van der Waals surface area contributed by atoms with Crippen molar-refractivity contribution in [3.8, 4) is 0 Å². The minimum atomic E-state index is -3.60. The van der Waals surface area contributed by atoms with Gasteiger partial charge in [-0.25, -0.2) is 8.42 Å². The average molecular weight is 313 g/mol. The highest BCUT2D eigenvalue weighted by Gasteiger charge is 2.31. The van der Waals surface area contributed by atoms with E-state index in [0.29, 0.717) is 18.8 Å². The van der Waals surface area contributed by atoms with E-state index in [2.05, 4.69) is 0 Å². The third-order valence-electron chi connectivity index (χ3n) is 3.71. The Hall–Kier alpha value is -1.11. The van der Waals surface area contributed by atoms with Gasteiger partial charge in [0.25, 0.3) is 0 Å². The molecule has 1 unspecified atom stereocenters. The van der Waals surface area contributed by atoms with Crippen molar-refractivity contribution in [1.29, 1.82) is 0 Å².